The smallest absolute Gasteiger partial charge is 0.337 e. The van der Waals surface area contributed by atoms with Crippen molar-refractivity contribution in [3.63, 3.8) is 0 Å². The topological polar surface area (TPSA) is 84.2 Å². The van der Waals surface area contributed by atoms with Crippen molar-refractivity contribution < 1.29 is 28.2 Å². The van der Waals surface area contributed by atoms with Crippen molar-refractivity contribution in [3.05, 3.63) is 92.1 Å². The molecule has 1 aliphatic heterocycles. The van der Waals surface area contributed by atoms with E-state index in [1.807, 2.05) is 24.3 Å². The highest BCUT2D eigenvalue weighted by molar-refractivity contribution is 6.31. The predicted octanol–water partition coefficient (Wildman–Crippen LogP) is 6.64. The minimum absolute atomic E-state index is 0.0348. The Labute approximate surface area is 224 Å². The van der Waals surface area contributed by atoms with Crippen LogP contribution in [0.25, 0.3) is 22.3 Å². The van der Waals surface area contributed by atoms with Gasteiger partial charge in [-0.2, -0.15) is 0 Å². The van der Waals surface area contributed by atoms with Gasteiger partial charge in [-0.05, 0) is 41.3 Å². The van der Waals surface area contributed by atoms with Gasteiger partial charge in [-0.3, -0.25) is 4.79 Å². The quantitative estimate of drug-likeness (QED) is 0.265. The van der Waals surface area contributed by atoms with Crippen LogP contribution in [-0.4, -0.2) is 19.9 Å². The minimum Gasteiger partial charge on any atom is -0.481 e. The lowest BCUT2D eigenvalue weighted by atomic mass is 9.86. The highest BCUT2D eigenvalue weighted by Crippen LogP contribution is 2.35. The van der Waals surface area contributed by atoms with Crippen molar-refractivity contribution in [2.75, 3.05) is 13.9 Å². The molecule has 1 aliphatic rings. The van der Waals surface area contributed by atoms with Gasteiger partial charge in [0.15, 0.2) is 12.6 Å². The maximum Gasteiger partial charge on any atom is 0.337 e. The van der Waals surface area contributed by atoms with Crippen LogP contribution < -0.4 is 14.9 Å². The first-order valence-electron chi connectivity index (χ1n) is 12.1. The van der Waals surface area contributed by atoms with E-state index in [9.17, 15) is 9.59 Å². The van der Waals surface area contributed by atoms with Gasteiger partial charge in [0.25, 0.3) is 0 Å². The number of ether oxygens (including phenoxy) is 4. The third-order valence-electron chi connectivity index (χ3n) is 6.40. The van der Waals surface area contributed by atoms with Crippen LogP contribution >= 0.6 is 11.6 Å². The van der Waals surface area contributed by atoms with E-state index in [1.54, 1.807) is 30.3 Å². The van der Waals surface area contributed by atoms with Crippen LogP contribution in [0.15, 0.2) is 63.8 Å². The Morgan fingerprint density at radius 1 is 1.05 bits per heavy atom. The first-order valence-corrected chi connectivity index (χ1v) is 12.5. The number of methoxy groups -OCH3 is 1. The van der Waals surface area contributed by atoms with Crippen molar-refractivity contribution in [1.82, 2.24) is 0 Å². The molecule has 2 heterocycles. The Balaban J connectivity index is 1.61. The molecule has 4 aromatic rings. The molecule has 0 fully saturated rings. The molecule has 0 aliphatic carbocycles. The molecule has 0 spiro atoms. The fourth-order valence-electron chi connectivity index (χ4n) is 4.39. The van der Waals surface area contributed by atoms with Gasteiger partial charge in [0, 0.05) is 21.7 Å². The van der Waals surface area contributed by atoms with Crippen LogP contribution in [0.5, 0.6) is 11.5 Å². The monoisotopic (exact) mass is 534 g/mol. The Kier molecular flexibility index (Phi) is 6.90. The lowest BCUT2D eigenvalue weighted by molar-refractivity contribution is -0.0176. The molecule has 0 atom stereocenters. The maximum atomic E-state index is 13.7. The van der Waals surface area contributed by atoms with Crippen LogP contribution in [0.3, 0.4) is 0 Å². The van der Waals surface area contributed by atoms with E-state index in [1.165, 1.54) is 7.11 Å². The van der Waals surface area contributed by atoms with Gasteiger partial charge in [0.2, 0.25) is 11.2 Å². The van der Waals surface area contributed by atoms with E-state index in [0.29, 0.717) is 49.8 Å². The molecule has 0 N–H and O–H groups in total. The molecule has 0 saturated heterocycles. The van der Waals surface area contributed by atoms with E-state index < -0.39 is 5.97 Å². The summed E-state index contributed by atoms with van der Waals surface area (Å²) in [7, 11) is 1.31. The number of rotatable bonds is 5. The van der Waals surface area contributed by atoms with Crippen LogP contribution in [0.4, 0.5) is 0 Å². The molecule has 0 saturated carbocycles. The normalized spacial score (nSPS) is 13.1. The van der Waals surface area contributed by atoms with Crippen LogP contribution in [0, 0.1) is 0 Å². The summed E-state index contributed by atoms with van der Waals surface area (Å²) >= 11 is 6.18. The van der Waals surface area contributed by atoms with Crippen LogP contribution in [-0.2, 0) is 28.1 Å². The van der Waals surface area contributed by atoms with Gasteiger partial charge < -0.3 is 23.4 Å². The number of fused-ring (bicyclic) bond motifs is 2. The first-order chi connectivity index (χ1) is 18.2. The van der Waals surface area contributed by atoms with Gasteiger partial charge in [-0.1, -0.05) is 56.6 Å². The van der Waals surface area contributed by atoms with Crippen molar-refractivity contribution in [2.45, 2.75) is 39.4 Å². The second-order valence-corrected chi connectivity index (χ2v) is 10.5. The molecule has 196 valence electrons. The zero-order chi connectivity index (χ0) is 27.0. The second kappa shape index (κ2) is 10.2. The summed E-state index contributed by atoms with van der Waals surface area (Å²) in [6.07, 6.45) is 0. The number of carbonyl (C=O) groups excluding carboxylic acids is 1. The van der Waals surface area contributed by atoms with Gasteiger partial charge in [0.05, 0.1) is 24.7 Å². The second-order valence-electron chi connectivity index (χ2n) is 10.1. The number of benzene rings is 3. The summed E-state index contributed by atoms with van der Waals surface area (Å²) in [5.74, 6) is 0.382. The fraction of sp³-hybridized carbons (Fsp3) is 0.267. The molecule has 0 unspecified atom stereocenters. The SMILES string of the molecule is COC(=O)c1cc2c(c(COc3c(-c4ccc(C(C)(C)C)cc4)oc4ccc(Cl)cc4c3=O)c1)OCOC2. The summed E-state index contributed by atoms with van der Waals surface area (Å²) in [4.78, 5) is 25.9. The Morgan fingerprint density at radius 3 is 2.53 bits per heavy atom. The molecule has 0 bridgehead atoms. The highest BCUT2D eigenvalue weighted by atomic mass is 35.5. The van der Waals surface area contributed by atoms with Crippen molar-refractivity contribution in [2.24, 2.45) is 0 Å². The van der Waals surface area contributed by atoms with Crippen molar-refractivity contribution in [3.8, 4) is 22.8 Å². The maximum absolute atomic E-state index is 13.7. The lowest BCUT2D eigenvalue weighted by Gasteiger charge is -2.22. The Morgan fingerprint density at radius 2 is 1.82 bits per heavy atom. The zero-order valence-electron chi connectivity index (χ0n) is 21.6. The number of halogens is 1. The van der Waals surface area contributed by atoms with Crippen LogP contribution in [0.2, 0.25) is 5.02 Å². The first kappa shape index (κ1) is 25.8. The van der Waals surface area contributed by atoms with Gasteiger partial charge in [-0.15, -0.1) is 0 Å². The van der Waals surface area contributed by atoms with E-state index >= 15 is 0 Å². The van der Waals surface area contributed by atoms with Gasteiger partial charge >= 0.3 is 5.97 Å². The molecule has 7 nitrogen and oxygen atoms in total. The fourth-order valence-corrected chi connectivity index (χ4v) is 4.56. The standard InChI is InChI=1S/C30H27ClO7/c1-30(2,3)21-7-5-17(6-8-21)27-28(25(32)23-13-22(31)9-10-24(23)38-27)36-15-20-12-18(29(33)34-4)11-19-14-35-16-37-26(19)20/h5-13H,14-16H2,1-4H3. The summed E-state index contributed by atoms with van der Waals surface area (Å²) in [6.45, 7) is 6.68. The van der Waals surface area contributed by atoms with E-state index in [4.69, 9.17) is 35.0 Å². The molecular weight excluding hydrogens is 508 g/mol. The van der Waals surface area contributed by atoms with Crippen molar-refractivity contribution >= 4 is 28.5 Å². The summed E-state index contributed by atoms with van der Waals surface area (Å²) in [5.41, 5.74) is 3.43. The molecule has 1 aromatic heterocycles. The molecule has 0 amide bonds. The van der Waals surface area contributed by atoms with E-state index in [2.05, 4.69) is 20.8 Å². The third kappa shape index (κ3) is 4.99. The number of hydrogen-bond acceptors (Lipinski definition) is 7. The van der Waals surface area contributed by atoms with Gasteiger partial charge in [0.1, 0.15) is 17.9 Å². The zero-order valence-corrected chi connectivity index (χ0v) is 22.3. The number of esters is 1. The molecule has 5 rings (SSSR count). The summed E-state index contributed by atoms with van der Waals surface area (Å²) < 4.78 is 28.4. The molecule has 3 aromatic carbocycles. The van der Waals surface area contributed by atoms with E-state index in [0.717, 1.165) is 5.56 Å². The molecule has 8 heteroatoms. The highest BCUT2D eigenvalue weighted by Gasteiger charge is 2.23. The van der Waals surface area contributed by atoms with Crippen LogP contribution in [0.1, 0.15) is 47.8 Å². The third-order valence-corrected chi connectivity index (χ3v) is 6.64. The summed E-state index contributed by atoms with van der Waals surface area (Å²) in [6, 6.07) is 16.0. The van der Waals surface area contributed by atoms with Gasteiger partial charge in [-0.25, -0.2) is 4.79 Å². The molecule has 38 heavy (non-hydrogen) atoms. The predicted molar refractivity (Wildman–Crippen MR) is 144 cm³/mol. The lowest BCUT2D eigenvalue weighted by Crippen LogP contribution is -2.17. The Hall–Kier alpha value is -3.81. The number of hydrogen-bond donors (Lipinski definition) is 0. The average Bonchev–Trinajstić information content (AvgIpc) is 2.91. The molecular formula is C30H27ClO7. The molecule has 0 radical (unpaired) electrons. The number of carbonyl (C=O) groups is 1. The Bertz CT molecular complexity index is 1580. The van der Waals surface area contributed by atoms with E-state index in [-0.39, 0.29) is 36.6 Å². The summed E-state index contributed by atoms with van der Waals surface area (Å²) in [5, 5.41) is 0.712. The minimum atomic E-state index is -0.501. The largest absolute Gasteiger partial charge is 0.481 e. The van der Waals surface area contributed by atoms with Crippen molar-refractivity contribution in [1.29, 1.82) is 0 Å². The average molecular weight is 535 g/mol.